The maximum Gasteiger partial charge on any atom is 0.0620 e. The number of pyridine rings is 2. The van der Waals surface area contributed by atoms with Crippen molar-refractivity contribution < 1.29 is 20.1 Å². The van der Waals surface area contributed by atoms with Crippen molar-refractivity contribution in [2.75, 3.05) is 0 Å². The average molecular weight is 837 g/mol. The summed E-state index contributed by atoms with van der Waals surface area (Å²) in [5.74, 6) is 0.691. The SMILES string of the molecule is CC1(C)c2[c-]c(-c3ccccn3)cc3c2P(=S)(c2ccccc21)c1ccccc1C3(C)C.[Ir].c1ccc(-c2nc3ccccc3[n-]2)nc1. The van der Waals surface area contributed by atoms with Gasteiger partial charge in [0.1, 0.15) is 0 Å². The zero-order valence-electron chi connectivity index (χ0n) is 27.1. The Morgan fingerprint density at radius 2 is 1.21 bits per heavy atom. The fourth-order valence-corrected chi connectivity index (χ4v) is 12.8. The largest absolute Gasteiger partial charge is 0.434 e. The Morgan fingerprint density at radius 1 is 0.646 bits per heavy atom. The normalized spacial score (nSPS) is 17.5. The van der Waals surface area contributed by atoms with Gasteiger partial charge in [-0.15, -0.1) is 28.8 Å². The first kappa shape index (κ1) is 32.5. The minimum Gasteiger partial charge on any atom is -0.434 e. The molecule has 4 nitrogen and oxygen atoms in total. The molecular formula is C41H33IrN4PS-2. The molecule has 0 fully saturated rings. The zero-order valence-corrected chi connectivity index (χ0v) is 31.2. The third-order valence-corrected chi connectivity index (χ3v) is 14.6. The van der Waals surface area contributed by atoms with Crippen LogP contribution < -0.4 is 20.9 Å². The van der Waals surface area contributed by atoms with E-state index in [-0.39, 0.29) is 30.9 Å². The van der Waals surface area contributed by atoms with Gasteiger partial charge in [-0.25, -0.2) is 0 Å². The van der Waals surface area contributed by atoms with Crippen LogP contribution in [0, 0.1) is 6.07 Å². The fourth-order valence-electron chi connectivity index (χ4n) is 7.21. The molecule has 3 aromatic heterocycles. The van der Waals surface area contributed by atoms with Crippen LogP contribution in [0.2, 0.25) is 0 Å². The molecule has 9 rings (SSSR count). The molecule has 2 aliphatic heterocycles. The van der Waals surface area contributed by atoms with E-state index in [1.54, 1.807) is 6.20 Å². The number of para-hydroxylation sites is 2. The van der Waals surface area contributed by atoms with Crippen molar-refractivity contribution in [2.24, 2.45) is 0 Å². The molecule has 1 unspecified atom stereocenters. The van der Waals surface area contributed by atoms with Gasteiger partial charge < -0.3 is 15.0 Å². The van der Waals surface area contributed by atoms with Crippen molar-refractivity contribution in [1.29, 1.82) is 0 Å². The molecule has 7 heteroatoms. The average Bonchev–Trinajstić information content (AvgIpc) is 3.56. The van der Waals surface area contributed by atoms with Crippen molar-refractivity contribution in [3.05, 3.63) is 156 Å². The Balaban J connectivity index is 0.000000191. The Bertz CT molecular complexity index is 2230. The molecule has 0 aliphatic carbocycles. The summed E-state index contributed by atoms with van der Waals surface area (Å²) in [5.41, 5.74) is 9.62. The predicted molar refractivity (Wildman–Crippen MR) is 197 cm³/mol. The molecule has 5 heterocycles. The number of hydrogen-bond donors (Lipinski definition) is 0. The molecular weight excluding hydrogens is 804 g/mol. The first-order valence-corrected chi connectivity index (χ1v) is 18.7. The molecule has 1 radical (unpaired) electrons. The third kappa shape index (κ3) is 4.97. The molecule has 0 bridgehead atoms. The zero-order chi connectivity index (χ0) is 32.4. The minimum absolute atomic E-state index is 0. The van der Waals surface area contributed by atoms with E-state index in [4.69, 9.17) is 11.8 Å². The van der Waals surface area contributed by atoms with Crippen LogP contribution in [0.3, 0.4) is 0 Å². The molecule has 0 amide bonds. The second-order valence-electron chi connectivity index (χ2n) is 13.2. The van der Waals surface area contributed by atoms with Gasteiger partial charge in [0, 0.05) is 38.5 Å². The summed E-state index contributed by atoms with van der Waals surface area (Å²) in [6.45, 7) is 9.34. The van der Waals surface area contributed by atoms with E-state index in [0.29, 0.717) is 5.82 Å². The van der Waals surface area contributed by atoms with Gasteiger partial charge in [0.25, 0.3) is 0 Å². The molecule has 2 aliphatic rings. The van der Waals surface area contributed by atoms with Crippen molar-refractivity contribution in [2.45, 2.75) is 38.5 Å². The van der Waals surface area contributed by atoms with E-state index in [0.717, 1.165) is 28.0 Å². The summed E-state index contributed by atoms with van der Waals surface area (Å²) in [6.07, 6.45) is 3.61. The summed E-state index contributed by atoms with van der Waals surface area (Å²) in [4.78, 5) is 17.7. The first-order chi connectivity index (χ1) is 22.7. The second kappa shape index (κ2) is 12.1. The Morgan fingerprint density at radius 3 is 1.83 bits per heavy atom. The van der Waals surface area contributed by atoms with Gasteiger partial charge in [-0.3, -0.25) is 4.98 Å². The number of hydrogen-bond acceptors (Lipinski definition) is 4. The van der Waals surface area contributed by atoms with Gasteiger partial charge in [0.2, 0.25) is 0 Å². The van der Waals surface area contributed by atoms with Crippen LogP contribution >= 0.6 is 6.04 Å². The third-order valence-electron chi connectivity index (χ3n) is 9.66. The molecule has 0 saturated carbocycles. The topological polar surface area (TPSA) is 52.8 Å². The van der Waals surface area contributed by atoms with Gasteiger partial charge in [-0.1, -0.05) is 136 Å². The summed E-state index contributed by atoms with van der Waals surface area (Å²) >= 11 is 6.80. The molecule has 7 aromatic rings. The number of benzene rings is 4. The van der Waals surface area contributed by atoms with Gasteiger partial charge in [0.15, 0.2) is 0 Å². The van der Waals surface area contributed by atoms with E-state index in [1.807, 2.05) is 60.8 Å². The number of fused-ring (bicyclic) bond motifs is 5. The Hall–Kier alpha value is -4.05. The van der Waals surface area contributed by atoms with Gasteiger partial charge in [0.05, 0.1) is 5.69 Å². The van der Waals surface area contributed by atoms with Crippen molar-refractivity contribution in [1.82, 2.24) is 19.9 Å². The summed E-state index contributed by atoms with van der Waals surface area (Å²) < 4.78 is 0. The van der Waals surface area contributed by atoms with Crippen molar-refractivity contribution in [3.8, 4) is 22.8 Å². The van der Waals surface area contributed by atoms with E-state index < -0.39 is 6.04 Å². The minimum atomic E-state index is -2.20. The Kier molecular flexibility index (Phi) is 8.21. The van der Waals surface area contributed by atoms with Crippen LogP contribution in [-0.2, 0) is 42.7 Å². The van der Waals surface area contributed by atoms with Gasteiger partial charge in [-0.2, -0.15) is 0 Å². The monoisotopic (exact) mass is 837 g/mol. The summed E-state index contributed by atoms with van der Waals surface area (Å²) in [7, 11) is 0. The van der Waals surface area contributed by atoms with Crippen LogP contribution in [0.15, 0.2) is 128 Å². The predicted octanol–water partition coefficient (Wildman–Crippen LogP) is 7.83. The molecule has 4 aromatic carbocycles. The van der Waals surface area contributed by atoms with Crippen LogP contribution in [-0.4, -0.2) is 15.0 Å². The maximum absolute atomic E-state index is 6.80. The van der Waals surface area contributed by atoms with Crippen molar-refractivity contribution in [3.63, 3.8) is 0 Å². The van der Waals surface area contributed by atoms with Crippen LogP contribution in [0.5, 0.6) is 0 Å². The number of imidazole rings is 1. The van der Waals surface area contributed by atoms with Gasteiger partial charge in [-0.05, 0) is 73.3 Å². The van der Waals surface area contributed by atoms with E-state index in [9.17, 15) is 0 Å². The molecule has 239 valence electrons. The van der Waals surface area contributed by atoms with E-state index in [2.05, 4.69) is 114 Å². The fraction of sp³-hybridized carbons (Fsp3) is 0.146. The number of nitrogens with zero attached hydrogens (tertiary/aromatic N) is 4. The van der Waals surface area contributed by atoms with Crippen molar-refractivity contribution >= 4 is 44.8 Å². The molecule has 0 N–H and O–H groups in total. The maximum atomic E-state index is 6.80. The van der Waals surface area contributed by atoms with Crippen LogP contribution in [0.4, 0.5) is 0 Å². The molecule has 1 atom stereocenters. The standard InChI is InChI=1S/C29H25NPS.C12H8N3.Ir/c1-28(2)20-11-5-7-14-25(20)31(32)26-15-8-6-12-21(26)29(3,4)23-18-19(17-22(28)27(23)31)24-13-9-10-16-30-24;1-2-6-10-9(5-1)14-12(15-10)11-7-3-4-8-13-11;/h5-17H,1-4H3;1-8H;/q2*-1;. The summed E-state index contributed by atoms with van der Waals surface area (Å²) in [6, 6.07) is 41.3. The van der Waals surface area contributed by atoms with Gasteiger partial charge >= 0.3 is 0 Å². The molecule has 0 spiro atoms. The second-order valence-corrected chi connectivity index (χ2v) is 17.5. The molecule has 48 heavy (non-hydrogen) atoms. The Labute approximate surface area is 300 Å². The first-order valence-electron chi connectivity index (χ1n) is 15.8. The van der Waals surface area contributed by atoms with E-state index in [1.165, 1.54) is 38.2 Å². The van der Waals surface area contributed by atoms with Crippen LogP contribution in [0.1, 0.15) is 49.9 Å². The van der Waals surface area contributed by atoms with Crippen LogP contribution in [0.25, 0.3) is 33.8 Å². The number of rotatable bonds is 2. The quantitative estimate of drug-likeness (QED) is 0.131. The number of aromatic nitrogens is 4. The molecule has 0 saturated heterocycles. The van der Waals surface area contributed by atoms with E-state index >= 15 is 0 Å². The smallest absolute Gasteiger partial charge is 0.0620 e. The summed E-state index contributed by atoms with van der Waals surface area (Å²) in [5, 5.41) is 4.05.